The van der Waals surface area contributed by atoms with E-state index in [1.807, 2.05) is 30.3 Å². The first-order valence-electron chi connectivity index (χ1n) is 6.15. The quantitative estimate of drug-likeness (QED) is 0.869. The van der Waals surface area contributed by atoms with E-state index in [0.717, 1.165) is 18.4 Å². The van der Waals surface area contributed by atoms with Crippen LogP contribution in [0.15, 0.2) is 30.3 Å². The molecule has 0 spiro atoms. The number of rotatable bonds is 2. The standard InChI is InChI=1S/C14H16N2O2/c15-10-13(11-4-2-1-3-5-11)12-6-8-16(9-7-12)14(17)18/h1-5,12-13H,6-9H2,(H,17,18). The normalized spacial score (nSPS) is 18.1. The van der Waals surface area contributed by atoms with Gasteiger partial charge in [-0.2, -0.15) is 5.26 Å². The molecule has 0 aromatic heterocycles. The molecule has 1 N–H and O–H groups in total. The third kappa shape index (κ3) is 2.62. The molecule has 1 aliphatic heterocycles. The molecule has 1 fully saturated rings. The lowest BCUT2D eigenvalue weighted by atomic mass is 9.81. The zero-order valence-electron chi connectivity index (χ0n) is 10.1. The first-order chi connectivity index (χ1) is 8.72. The predicted octanol–water partition coefficient (Wildman–Crippen LogP) is 2.68. The zero-order valence-corrected chi connectivity index (χ0v) is 10.1. The summed E-state index contributed by atoms with van der Waals surface area (Å²) in [6, 6.07) is 12.1. The van der Waals surface area contributed by atoms with Gasteiger partial charge >= 0.3 is 6.09 Å². The lowest BCUT2D eigenvalue weighted by Crippen LogP contribution is -2.38. The first-order valence-corrected chi connectivity index (χ1v) is 6.15. The van der Waals surface area contributed by atoms with Gasteiger partial charge in [0.2, 0.25) is 0 Å². The molecule has 1 heterocycles. The Morgan fingerprint density at radius 3 is 2.44 bits per heavy atom. The van der Waals surface area contributed by atoms with Gasteiger partial charge in [-0.1, -0.05) is 30.3 Å². The number of likely N-dealkylation sites (tertiary alicyclic amines) is 1. The minimum atomic E-state index is -0.860. The molecule has 1 unspecified atom stereocenters. The molecule has 4 heteroatoms. The van der Waals surface area contributed by atoms with Gasteiger partial charge in [-0.25, -0.2) is 4.79 Å². The van der Waals surface area contributed by atoms with Crippen molar-refractivity contribution in [2.24, 2.45) is 5.92 Å². The fourth-order valence-electron chi connectivity index (χ4n) is 2.54. The van der Waals surface area contributed by atoms with Crippen LogP contribution in [0.1, 0.15) is 24.3 Å². The molecule has 1 aromatic rings. The zero-order chi connectivity index (χ0) is 13.0. The van der Waals surface area contributed by atoms with Gasteiger partial charge in [0.15, 0.2) is 0 Å². The van der Waals surface area contributed by atoms with Crippen LogP contribution >= 0.6 is 0 Å². The van der Waals surface area contributed by atoms with E-state index in [2.05, 4.69) is 6.07 Å². The first kappa shape index (κ1) is 12.4. The highest BCUT2D eigenvalue weighted by Gasteiger charge is 2.29. The van der Waals surface area contributed by atoms with E-state index in [4.69, 9.17) is 5.11 Å². The van der Waals surface area contributed by atoms with Crippen molar-refractivity contribution >= 4 is 6.09 Å². The van der Waals surface area contributed by atoms with Crippen molar-refractivity contribution < 1.29 is 9.90 Å². The van der Waals surface area contributed by atoms with Crippen molar-refractivity contribution in [2.75, 3.05) is 13.1 Å². The van der Waals surface area contributed by atoms with Crippen LogP contribution in [0.3, 0.4) is 0 Å². The van der Waals surface area contributed by atoms with Crippen LogP contribution in [-0.4, -0.2) is 29.2 Å². The van der Waals surface area contributed by atoms with Crippen LogP contribution in [-0.2, 0) is 0 Å². The molecule has 1 atom stereocenters. The third-order valence-corrected chi connectivity index (χ3v) is 3.58. The minimum Gasteiger partial charge on any atom is -0.465 e. The van der Waals surface area contributed by atoms with Crippen LogP contribution < -0.4 is 0 Å². The molecule has 2 rings (SSSR count). The molecule has 1 aliphatic rings. The summed E-state index contributed by atoms with van der Waals surface area (Å²) in [5, 5.41) is 18.2. The van der Waals surface area contributed by atoms with Crippen LogP contribution in [0.2, 0.25) is 0 Å². The second-order valence-corrected chi connectivity index (χ2v) is 4.62. The second kappa shape index (κ2) is 5.54. The Balaban J connectivity index is 2.04. The molecule has 0 bridgehead atoms. The number of nitrogens with zero attached hydrogens (tertiary/aromatic N) is 2. The SMILES string of the molecule is N#CC(c1ccccc1)C1CCN(C(=O)O)CC1. The number of hydrogen-bond acceptors (Lipinski definition) is 2. The number of nitriles is 1. The van der Waals surface area contributed by atoms with Crippen LogP contribution in [0, 0.1) is 17.2 Å². The lowest BCUT2D eigenvalue weighted by molar-refractivity contribution is 0.122. The number of hydrogen-bond donors (Lipinski definition) is 1. The Bertz CT molecular complexity index is 445. The summed E-state index contributed by atoms with van der Waals surface area (Å²) in [5.74, 6) is 0.134. The molecule has 0 aliphatic carbocycles. The van der Waals surface area contributed by atoms with Crippen molar-refractivity contribution in [2.45, 2.75) is 18.8 Å². The van der Waals surface area contributed by atoms with Gasteiger partial charge in [-0.15, -0.1) is 0 Å². The van der Waals surface area contributed by atoms with Gasteiger partial charge < -0.3 is 10.0 Å². The maximum atomic E-state index is 10.8. The Morgan fingerprint density at radius 1 is 1.33 bits per heavy atom. The summed E-state index contributed by atoms with van der Waals surface area (Å²) in [5.41, 5.74) is 1.04. The summed E-state index contributed by atoms with van der Waals surface area (Å²) in [4.78, 5) is 12.3. The molecule has 0 saturated carbocycles. The van der Waals surface area contributed by atoms with Crippen molar-refractivity contribution in [3.63, 3.8) is 0 Å². The van der Waals surface area contributed by atoms with Crippen LogP contribution in [0.4, 0.5) is 4.79 Å². The van der Waals surface area contributed by atoms with Gasteiger partial charge in [0.1, 0.15) is 0 Å². The fraction of sp³-hybridized carbons (Fsp3) is 0.429. The van der Waals surface area contributed by atoms with Gasteiger partial charge in [-0.3, -0.25) is 0 Å². The fourth-order valence-corrected chi connectivity index (χ4v) is 2.54. The number of carboxylic acid groups (broad SMARTS) is 1. The summed E-state index contributed by atoms with van der Waals surface area (Å²) < 4.78 is 0. The van der Waals surface area contributed by atoms with E-state index in [1.54, 1.807) is 0 Å². The van der Waals surface area contributed by atoms with E-state index in [0.29, 0.717) is 13.1 Å². The number of amides is 1. The molecule has 18 heavy (non-hydrogen) atoms. The van der Waals surface area contributed by atoms with Gasteiger partial charge in [0.05, 0.1) is 12.0 Å². The molecular formula is C14H16N2O2. The maximum absolute atomic E-state index is 10.8. The van der Waals surface area contributed by atoms with E-state index < -0.39 is 6.09 Å². The summed E-state index contributed by atoms with van der Waals surface area (Å²) in [7, 11) is 0. The highest BCUT2D eigenvalue weighted by Crippen LogP contribution is 2.32. The molecule has 0 radical (unpaired) electrons. The average Bonchev–Trinajstić information content (AvgIpc) is 2.41. The topological polar surface area (TPSA) is 64.3 Å². The monoisotopic (exact) mass is 244 g/mol. The predicted molar refractivity (Wildman–Crippen MR) is 67.1 cm³/mol. The van der Waals surface area contributed by atoms with E-state index in [1.165, 1.54) is 4.90 Å². The van der Waals surface area contributed by atoms with Crippen molar-refractivity contribution in [1.29, 1.82) is 5.26 Å². The maximum Gasteiger partial charge on any atom is 0.407 e. The number of benzene rings is 1. The van der Waals surface area contributed by atoms with Crippen molar-refractivity contribution in [1.82, 2.24) is 4.90 Å². The Kier molecular flexibility index (Phi) is 3.83. The largest absolute Gasteiger partial charge is 0.465 e. The highest BCUT2D eigenvalue weighted by molar-refractivity contribution is 5.65. The van der Waals surface area contributed by atoms with E-state index in [9.17, 15) is 10.1 Å². The molecule has 1 aromatic carbocycles. The average molecular weight is 244 g/mol. The van der Waals surface area contributed by atoms with Crippen molar-refractivity contribution in [3.8, 4) is 6.07 Å². The number of carbonyl (C=O) groups is 1. The van der Waals surface area contributed by atoms with Crippen molar-refractivity contribution in [3.05, 3.63) is 35.9 Å². The Hall–Kier alpha value is -2.02. The molecule has 4 nitrogen and oxygen atoms in total. The molecule has 1 amide bonds. The number of piperidine rings is 1. The third-order valence-electron chi connectivity index (χ3n) is 3.58. The Morgan fingerprint density at radius 2 is 1.94 bits per heavy atom. The highest BCUT2D eigenvalue weighted by atomic mass is 16.4. The summed E-state index contributed by atoms with van der Waals surface area (Å²) >= 11 is 0. The lowest BCUT2D eigenvalue weighted by Gasteiger charge is -2.32. The summed E-state index contributed by atoms with van der Waals surface area (Å²) in [6.07, 6.45) is 0.667. The van der Waals surface area contributed by atoms with Gasteiger partial charge in [0.25, 0.3) is 0 Å². The minimum absolute atomic E-state index is 0.123. The second-order valence-electron chi connectivity index (χ2n) is 4.62. The van der Waals surface area contributed by atoms with Gasteiger partial charge in [0, 0.05) is 13.1 Å². The molecular weight excluding hydrogens is 228 g/mol. The van der Waals surface area contributed by atoms with Gasteiger partial charge in [-0.05, 0) is 24.3 Å². The Labute approximate surface area is 106 Å². The van der Waals surface area contributed by atoms with Crippen LogP contribution in [0.25, 0.3) is 0 Å². The van der Waals surface area contributed by atoms with E-state index in [-0.39, 0.29) is 11.8 Å². The molecule has 94 valence electrons. The molecule has 1 saturated heterocycles. The smallest absolute Gasteiger partial charge is 0.407 e. The summed E-state index contributed by atoms with van der Waals surface area (Å²) in [6.45, 7) is 1.07. The van der Waals surface area contributed by atoms with Crippen LogP contribution in [0.5, 0.6) is 0 Å². The van der Waals surface area contributed by atoms with E-state index >= 15 is 0 Å².